The highest BCUT2D eigenvalue weighted by Gasteiger charge is 2.32. The zero-order valence-corrected chi connectivity index (χ0v) is 13.8. The molecule has 0 unspecified atom stereocenters. The van der Waals surface area contributed by atoms with Crippen molar-refractivity contribution in [2.24, 2.45) is 0 Å². The maximum atomic E-state index is 12.4. The smallest absolute Gasteiger partial charge is 0.484 e. The first kappa shape index (κ1) is 18.6. The van der Waals surface area contributed by atoms with Gasteiger partial charge in [0.15, 0.2) is 6.61 Å². The predicted octanol–water partition coefficient (Wildman–Crippen LogP) is 3.93. The third-order valence-corrected chi connectivity index (χ3v) is 3.38. The molecule has 25 heavy (non-hydrogen) atoms. The van der Waals surface area contributed by atoms with Crippen molar-refractivity contribution < 1.29 is 27.4 Å². The first-order valence-electron chi connectivity index (χ1n) is 7.51. The Labute approximate surface area is 143 Å². The number of halogens is 3. The van der Waals surface area contributed by atoms with Crippen molar-refractivity contribution in [3.8, 4) is 11.5 Å². The van der Waals surface area contributed by atoms with Crippen molar-refractivity contribution in [1.29, 1.82) is 0 Å². The molecule has 0 saturated carbocycles. The number of hydrogen-bond acceptors (Lipinski definition) is 3. The summed E-state index contributed by atoms with van der Waals surface area (Å²) in [4.78, 5) is 13.4. The van der Waals surface area contributed by atoms with Gasteiger partial charge in [-0.2, -0.15) is 0 Å². The lowest BCUT2D eigenvalue weighted by Gasteiger charge is -2.20. The second-order valence-electron chi connectivity index (χ2n) is 5.51. The van der Waals surface area contributed by atoms with Crippen molar-refractivity contribution in [3.05, 3.63) is 59.7 Å². The fraction of sp³-hybridized carbons (Fsp3) is 0.278. The Morgan fingerprint density at radius 3 is 2.52 bits per heavy atom. The number of rotatable bonds is 6. The molecule has 0 aliphatic rings. The Balaban J connectivity index is 1.97. The Bertz CT molecular complexity index is 732. The van der Waals surface area contributed by atoms with Crippen LogP contribution in [0.15, 0.2) is 48.5 Å². The third kappa shape index (κ3) is 6.02. The van der Waals surface area contributed by atoms with E-state index in [0.717, 1.165) is 5.56 Å². The second-order valence-corrected chi connectivity index (χ2v) is 5.51. The summed E-state index contributed by atoms with van der Waals surface area (Å²) in [7, 11) is 1.49. The highest BCUT2D eigenvalue weighted by Crippen LogP contribution is 2.27. The fourth-order valence-electron chi connectivity index (χ4n) is 2.16. The topological polar surface area (TPSA) is 38.8 Å². The summed E-state index contributed by atoms with van der Waals surface area (Å²) in [5.74, 6) is -0.125. The molecular weight excluding hydrogens is 335 g/mol. The van der Waals surface area contributed by atoms with Crippen molar-refractivity contribution >= 4 is 5.91 Å². The molecule has 1 amide bonds. The molecule has 0 radical (unpaired) electrons. The van der Waals surface area contributed by atoms with Crippen molar-refractivity contribution in [1.82, 2.24) is 4.90 Å². The van der Waals surface area contributed by atoms with Gasteiger partial charge in [-0.3, -0.25) is 4.79 Å². The summed E-state index contributed by atoms with van der Waals surface area (Å²) in [5, 5.41) is 0. The second kappa shape index (κ2) is 7.92. The van der Waals surface area contributed by atoms with E-state index in [1.54, 1.807) is 18.2 Å². The number of alkyl halides is 3. The zero-order valence-electron chi connectivity index (χ0n) is 13.8. The van der Waals surface area contributed by atoms with Gasteiger partial charge in [0.25, 0.3) is 5.91 Å². The first-order chi connectivity index (χ1) is 11.7. The van der Waals surface area contributed by atoms with Crippen molar-refractivity contribution in [2.45, 2.75) is 19.8 Å². The molecule has 0 N–H and O–H groups in total. The molecule has 0 saturated heterocycles. The molecule has 0 bridgehead atoms. The molecule has 0 aliphatic heterocycles. The molecule has 0 spiro atoms. The Kier molecular flexibility index (Phi) is 5.90. The number of carbonyl (C=O) groups excluding carboxylic acids is 1. The number of aryl methyl sites for hydroxylation is 1. The standard InChI is InChI=1S/C18H18F3NO3/c1-13-6-5-8-15(10-13)24-12-17(23)22(2)11-14-7-3-4-9-16(14)25-18(19,20)21/h3-10H,11-12H2,1-2H3. The number of carbonyl (C=O) groups is 1. The number of ether oxygens (including phenoxy) is 2. The molecule has 0 atom stereocenters. The van der Waals surface area contributed by atoms with Crippen molar-refractivity contribution in [2.75, 3.05) is 13.7 Å². The average Bonchev–Trinajstić information content (AvgIpc) is 2.53. The zero-order chi connectivity index (χ0) is 18.4. The number of nitrogens with zero attached hydrogens (tertiary/aromatic N) is 1. The van der Waals surface area contributed by atoms with Crippen LogP contribution in [0.4, 0.5) is 13.2 Å². The fourth-order valence-corrected chi connectivity index (χ4v) is 2.16. The lowest BCUT2D eigenvalue weighted by Crippen LogP contribution is -2.31. The van der Waals surface area contributed by atoms with Gasteiger partial charge in [-0.25, -0.2) is 0 Å². The highest BCUT2D eigenvalue weighted by molar-refractivity contribution is 5.77. The Hall–Kier alpha value is -2.70. The summed E-state index contributed by atoms with van der Waals surface area (Å²) >= 11 is 0. The summed E-state index contributed by atoms with van der Waals surface area (Å²) < 4.78 is 46.7. The van der Waals surface area contributed by atoms with Crippen LogP contribution in [-0.2, 0) is 11.3 Å². The monoisotopic (exact) mass is 353 g/mol. The minimum absolute atomic E-state index is 0.0255. The van der Waals surface area contributed by atoms with Crippen LogP contribution >= 0.6 is 0 Å². The van der Waals surface area contributed by atoms with Gasteiger partial charge in [-0.1, -0.05) is 30.3 Å². The first-order valence-corrected chi connectivity index (χ1v) is 7.51. The van der Waals surface area contributed by atoms with Crippen LogP contribution in [0.3, 0.4) is 0 Å². The van der Waals surface area contributed by atoms with Gasteiger partial charge in [0, 0.05) is 19.2 Å². The predicted molar refractivity (Wildman–Crippen MR) is 86.3 cm³/mol. The van der Waals surface area contributed by atoms with E-state index in [1.807, 2.05) is 19.1 Å². The van der Waals surface area contributed by atoms with Gasteiger partial charge < -0.3 is 14.4 Å². The molecule has 4 nitrogen and oxygen atoms in total. The minimum atomic E-state index is -4.78. The molecule has 0 aliphatic carbocycles. The van der Waals surface area contributed by atoms with Gasteiger partial charge in [0.1, 0.15) is 11.5 Å². The van der Waals surface area contributed by atoms with Crippen LogP contribution in [0.2, 0.25) is 0 Å². The van der Waals surface area contributed by atoms with Gasteiger partial charge in [-0.05, 0) is 30.7 Å². The summed E-state index contributed by atoms with van der Waals surface area (Å²) in [6, 6.07) is 12.9. The van der Waals surface area contributed by atoms with E-state index in [-0.39, 0.29) is 30.4 Å². The van der Waals surface area contributed by atoms with E-state index in [4.69, 9.17) is 4.74 Å². The molecule has 2 aromatic rings. The Morgan fingerprint density at radius 1 is 1.12 bits per heavy atom. The van der Waals surface area contributed by atoms with Crippen LogP contribution in [0.5, 0.6) is 11.5 Å². The number of likely N-dealkylation sites (N-methyl/N-ethyl adjacent to an activating group) is 1. The van der Waals surface area contributed by atoms with Crippen LogP contribution in [-0.4, -0.2) is 30.8 Å². The van der Waals surface area contributed by atoms with Gasteiger partial charge in [0.05, 0.1) is 0 Å². The van der Waals surface area contributed by atoms with Crippen molar-refractivity contribution in [3.63, 3.8) is 0 Å². The van der Waals surface area contributed by atoms with Crippen LogP contribution < -0.4 is 9.47 Å². The molecule has 2 rings (SSSR count). The molecule has 2 aromatic carbocycles. The van der Waals surface area contributed by atoms with E-state index in [0.29, 0.717) is 5.75 Å². The van der Waals surface area contributed by atoms with E-state index in [2.05, 4.69) is 4.74 Å². The van der Waals surface area contributed by atoms with Crippen LogP contribution in [0.1, 0.15) is 11.1 Å². The van der Waals surface area contributed by atoms with E-state index in [9.17, 15) is 18.0 Å². The normalized spacial score (nSPS) is 11.1. The number of benzene rings is 2. The van der Waals surface area contributed by atoms with Gasteiger partial charge in [0.2, 0.25) is 0 Å². The molecule has 0 fully saturated rings. The van der Waals surface area contributed by atoms with Crippen LogP contribution in [0, 0.1) is 6.92 Å². The highest BCUT2D eigenvalue weighted by atomic mass is 19.4. The number of hydrogen-bond donors (Lipinski definition) is 0. The summed E-state index contributed by atoms with van der Waals surface area (Å²) in [5.41, 5.74) is 1.25. The minimum Gasteiger partial charge on any atom is -0.484 e. The lowest BCUT2D eigenvalue weighted by molar-refractivity contribution is -0.275. The van der Waals surface area contributed by atoms with E-state index in [1.165, 1.54) is 30.1 Å². The molecule has 0 heterocycles. The van der Waals surface area contributed by atoms with E-state index >= 15 is 0 Å². The third-order valence-electron chi connectivity index (χ3n) is 3.38. The SMILES string of the molecule is Cc1cccc(OCC(=O)N(C)Cc2ccccc2OC(F)(F)F)c1. The molecule has 134 valence electrons. The summed E-state index contributed by atoms with van der Waals surface area (Å²) in [6.45, 7) is 1.67. The average molecular weight is 353 g/mol. The number of amides is 1. The Morgan fingerprint density at radius 2 is 1.84 bits per heavy atom. The van der Waals surface area contributed by atoms with E-state index < -0.39 is 6.36 Å². The van der Waals surface area contributed by atoms with Gasteiger partial charge in [-0.15, -0.1) is 13.2 Å². The number of para-hydroxylation sites is 1. The maximum Gasteiger partial charge on any atom is 0.573 e. The molecular formula is C18H18F3NO3. The molecule has 0 aromatic heterocycles. The van der Waals surface area contributed by atoms with Gasteiger partial charge >= 0.3 is 6.36 Å². The lowest BCUT2D eigenvalue weighted by atomic mass is 10.2. The van der Waals surface area contributed by atoms with Crippen LogP contribution in [0.25, 0.3) is 0 Å². The maximum absolute atomic E-state index is 12.4. The quantitative estimate of drug-likeness (QED) is 0.790. The molecule has 7 heteroatoms. The summed E-state index contributed by atoms with van der Waals surface area (Å²) in [6.07, 6.45) is -4.78. The largest absolute Gasteiger partial charge is 0.573 e.